The van der Waals surface area contributed by atoms with Crippen LogP contribution in [-0.4, -0.2) is 40.3 Å². The molecule has 0 saturated carbocycles. The van der Waals surface area contributed by atoms with Crippen molar-refractivity contribution in [2.75, 3.05) is 7.11 Å². The van der Waals surface area contributed by atoms with E-state index in [1.54, 1.807) is 13.8 Å². The third-order valence-corrected chi connectivity index (χ3v) is 3.50. The fraction of sp³-hybridized carbons (Fsp3) is 0.750. The van der Waals surface area contributed by atoms with Gasteiger partial charge in [0.1, 0.15) is 6.04 Å². The summed E-state index contributed by atoms with van der Waals surface area (Å²) in [5.74, 6) is -1.39. The first-order chi connectivity index (χ1) is 6.38. The van der Waals surface area contributed by atoms with E-state index in [4.69, 9.17) is 5.11 Å². The van der Waals surface area contributed by atoms with Gasteiger partial charge < -0.3 is 9.84 Å². The van der Waals surface area contributed by atoms with Gasteiger partial charge in [0.15, 0.2) is 5.37 Å². The van der Waals surface area contributed by atoms with Crippen LogP contribution in [0.3, 0.4) is 0 Å². The van der Waals surface area contributed by atoms with Crippen LogP contribution < -0.4 is 5.32 Å². The van der Waals surface area contributed by atoms with Crippen LogP contribution in [0.25, 0.3) is 0 Å². The lowest BCUT2D eigenvalue weighted by Crippen LogP contribution is -2.46. The van der Waals surface area contributed by atoms with Gasteiger partial charge in [0.2, 0.25) is 0 Å². The number of hydrogen-bond donors (Lipinski definition) is 2. The second-order valence-corrected chi connectivity index (χ2v) is 5.32. The van der Waals surface area contributed by atoms with Crippen LogP contribution in [-0.2, 0) is 14.3 Å². The molecule has 5 nitrogen and oxygen atoms in total. The molecular weight excluding hydrogens is 206 g/mol. The SMILES string of the molecule is COC(=O)[C@H]1N[C@@H](C(=O)O)C(C)(C)S1. The summed E-state index contributed by atoms with van der Waals surface area (Å²) >= 11 is 1.27. The van der Waals surface area contributed by atoms with E-state index in [1.807, 2.05) is 0 Å². The zero-order valence-electron chi connectivity index (χ0n) is 8.23. The van der Waals surface area contributed by atoms with Gasteiger partial charge in [-0.2, -0.15) is 0 Å². The molecule has 0 aromatic heterocycles. The van der Waals surface area contributed by atoms with Crippen LogP contribution in [0.5, 0.6) is 0 Å². The van der Waals surface area contributed by atoms with Crippen molar-refractivity contribution in [2.24, 2.45) is 0 Å². The molecule has 0 amide bonds. The number of thioether (sulfide) groups is 1. The van der Waals surface area contributed by atoms with Crippen LogP contribution in [0.2, 0.25) is 0 Å². The second kappa shape index (κ2) is 3.78. The van der Waals surface area contributed by atoms with Gasteiger partial charge in [-0.25, -0.2) is 4.79 Å². The maximum absolute atomic E-state index is 11.2. The molecule has 1 fully saturated rings. The third kappa shape index (κ3) is 2.01. The van der Waals surface area contributed by atoms with Crippen molar-refractivity contribution < 1.29 is 19.4 Å². The molecule has 80 valence electrons. The zero-order chi connectivity index (χ0) is 10.9. The van der Waals surface area contributed by atoms with Crippen LogP contribution >= 0.6 is 11.8 Å². The second-order valence-electron chi connectivity index (χ2n) is 3.56. The molecule has 0 aliphatic carbocycles. The molecule has 0 bridgehead atoms. The predicted molar refractivity (Wildman–Crippen MR) is 52.0 cm³/mol. The molecule has 0 aromatic rings. The summed E-state index contributed by atoms with van der Waals surface area (Å²) in [5.41, 5.74) is 0. The molecule has 1 rings (SSSR count). The number of ether oxygens (including phenoxy) is 1. The number of hydrogen-bond acceptors (Lipinski definition) is 5. The number of rotatable bonds is 2. The van der Waals surface area contributed by atoms with Gasteiger partial charge >= 0.3 is 11.9 Å². The Labute approximate surface area is 86.2 Å². The van der Waals surface area contributed by atoms with Gasteiger partial charge in [-0.15, -0.1) is 11.8 Å². The van der Waals surface area contributed by atoms with Gasteiger partial charge in [-0.1, -0.05) is 0 Å². The Kier molecular flexibility index (Phi) is 3.06. The molecule has 0 spiro atoms. The average Bonchev–Trinajstić information content (AvgIpc) is 2.40. The summed E-state index contributed by atoms with van der Waals surface area (Å²) in [5, 5.41) is 11.0. The summed E-state index contributed by atoms with van der Waals surface area (Å²) in [6.45, 7) is 3.57. The summed E-state index contributed by atoms with van der Waals surface area (Å²) in [6.07, 6.45) is 0. The number of carboxylic acid groups (broad SMARTS) is 1. The molecule has 0 radical (unpaired) electrons. The van der Waals surface area contributed by atoms with E-state index in [1.165, 1.54) is 18.9 Å². The maximum Gasteiger partial charge on any atom is 0.333 e. The van der Waals surface area contributed by atoms with Crippen LogP contribution in [0.4, 0.5) is 0 Å². The minimum atomic E-state index is -0.950. The quantitative estimate of drug-likeness (QED) is 0.639. The van der Waals surface area contributed by atoms with Gasteiger partial charge in [-0.05, 0) is 13.8 Å². The number of methoxy groups -OCH3 is 1. The summed E-state index contributed by atoms with van der Waals surface area (Å²) in [6, 6.07) is -0.725. The summed E-state index contributed by atoms with van der Waals surface area (Å²) in [4.78, 5) is 22.0. The lowest BCUT2D eigenvalue weighted by atomic mass is 10.0. The summed E-state index contributed by atoms with van der Waals surface area (Å²) < 4.78 is 4.03. The molecular formula is C8H13NO4S. The fourth-order valence-electron chi connectivity index (χ4n) is 1.35. The first kappa shape index (κ1) is 11.3. The highest BCUT2D eigenvalue weighted by Gasteiger charge is 2.47. The van der Waals surface area contributed by atoms with E-state index in [0.29, 0.717) is 0 Å². The van der Waals surface area contributed by atoms with Gasteiger partial charge in [0, 0.05) is 4.75 Å². The fourth-order valence-corrected chi connectivity index (χ4v) is 2.66. The minimum Gasteiger partial charge on any atom is -0.480 e. The average molecular weight is 219 g/mol. The zero-order valence-corrected chi connectivity index (χ0v) is 9.05. The van der Waals surface area contributed by atoms with E-state index >= 15 is 0 Å². The Bertz CT molecular complexity index is 266. The molecule has 1 saturated heterocycles. The molecule has 2 atom stereocenters. The monoisotopic (exact) mass is 219 g/mol. The standard InChI is InChI=1S/C8H13NO4S/c1-8(2)4(6(10)11)9-5(14-8)7(12)13-3/h4-5,9H,1-3H3,(H,10,11)/t4-,5-/m0/s1. The first-order valence-electron chi connectivity index (χ1n) is 4.13. The molecule has 14 heavy (non-hydrogen) atoms. The number of aliphatic carboxylic acids is 1. The smallest absolute Gasteiger partial charge is 0.333 e. The van der Waals surface area contributed by atoms with Crippen molar-refractivity contribution in [1.82, 2.24) is 5.32 Å². The van der Waals surface area contributed by atoms with Crippen LogP contribution in [0.15, 0.2) is 0 Å². The number of nitrogens with one attached hydrogen (secondary N) is 1. The lowest BCUT2D eigenvalue weighted by molar-refractivity contribution is -0.142. The molecule has 0 aromatic carbocycles. The number of esters is 1. The van der Waals surface area contributed by atoms with Gasteiger partial charge in [0.05, 0.1) is 7.11 Å². The Morgan fingerprint density at radius 2 is 2.07 bits per heavy atom. The number of carbonyl (C=O) groups is 2. The van der Waals surface area contributed by atoms with Gasteiger partial charge in [0.25, 0.3) is 0 Å². The molecule has 0 unspecified atom stereocenters. The topological polar surface area (TPSA) is 75.6 Å². The van der Waals surface area contributed by atoms with Crippen LogP contribution in [0, 0.1) is 0 Å². The van der Waals surface area contributed by atoms with Crippen molar-refractivity contribution in [2.45, 2.75) is 30.0 Å². The predicted octanol–water partition coefficient (Wildman–Crippen LogP) is 0.0537. The lowest BCUT2D eigenvalue weighted by Gasteiger charge is -2.20. The van der Waals surface area contributed by atoms with Crippen molar-refractivity contribution in [3.05, 3.63) is 0 Å². The van der Waals surface area contributed by atoms with Crippen LogP contribution in [0.1, 0.15) is 13.8 Å². The van der Waals surface area contributed by atoms with E-state index in [9.17, 15) is 9.59 Å². The Morgan fingerprint density at radius 3 is 2.43 bits per heavy atom. The Balaban J connectivity index is 2.76. The third-order valence-electron chi connectivity index (χ3n) is 2.10. The highest BCUT2D eigenvalue weighted by Crippen LogP contribution is 2.38. The van der Waals surface area contributed by atoms with Crippen molar-refractivity contribution in [3.63, 3.8) is 0 Å². The first-order valence-corrected chi connectivity index (χ1v) is 5.01. The molecule has 6 heteroatoms. The largest absolute Gasteiger partial charge is 0.480 e. The van der Waals surface area contributed by atoms with E-state index in [2.05, 4.69) is 10.1 Å². The number of carbonyl (C=O) groups excluding carboxylic acids is 1. The summed E-state index contributed by atoms with van der Waals surface area (Å²) in [7, 11) is 1.28. The Morgan fingerprint density at radius 1 is 1.50 bits per heavy atom. The van der Waals surface area contributed by atoms with Gasteiger partial charge in [-0.3, -0.25) is 10.1 Å². The normalized spacial score (nSPS) is 29.9. The maximum atomic E-state index is 11.2. The molecule has 1 aliphatic heterocycles. The minimum absolute atomic E-state index is 0.438. The van der Waals surface area contributed by atoms with Crippen molar-refractivity contribution in [3.8, 4) is 0 Å². The highest BCUT2D eigenvalue weighted by molar-refractivity contribution is 8.02. The number of carboxylic acids is 1. The van der Waals surface area contributed by atoms with E-state index in [0.717, 1.165) is 0 Å². The molecule has 1 aliphatic rings. The molecule has 2 N–H and O–H groups in total. The van der Waals surface area contributed by atoms with E-state index in [-0.39, 0.29) is 0 Å². The van der Waals surface area contributed by atoms with Crippen molar-refractivity contribution in [1.29, 1.82) is 0 Å². The molecule has 1 heterocycles. The van der Waals surface area contributed by atoms with E-state index < -0.39 is 28.1 Å². The highest BCUT2D eigenvalue weighted by atomic mass is 32.2. The van der Waals surface area contributed by atoms with Crippen molar-refractivity contribution >= 4 is 23.7 Å². The Hall–Kier alpha value is -0.750.